The monoisotopic (exact) mass is 309 g/mol. The smallest absolute Gasteiger partial charge is 0.158 e. The lowest BCUT2D eigenvalue weighted by Gasteiger charge is -2.26. The molecule has 0 saturated carbocycles. The topological polar surface area (TPSA) is 35.8 Å². The van der Waals surface area contributed by atoms with Crippen LogP contribution in [-0.2, 0) is 0 Å². The van der Waals surface area contributed by atoms with Crippen LogP contribution >= 0.6 is 15.9 Å². The van der Waals surface area contributed by atoms with Crippen molar-refractivity contribution in [2.75, 3.05) is 27.2 Å². The number of quaternary nitrogens is 1. The molecule has 0 radical (unpaired) electrons. The highest BCUT2D eigenvalue weighted by Crippen LogP contribution is 1.89. The van der Waals surface area contributed by atoms with E-state index in [1.807, 2.05) is 14.1 Å². The Morgan fingerprint density at radius 2 is 2.08 bits per heavy atom. The van der Waals surface area contributed by atoms with Crippen molar-refractivity contribution in [1.29, 1.82) is 5.26 Å². The first kappa shape index (κ1) is 15.4. The lowest BCUT2D eigenvalue weighted by atomic mass is 10.5. The van der Waals surface area contributed by atoms with Gasteiger partial charge in [0.05, 0.1) is 33.1 Å². The maximum atomic E-state index is 8.31. The molecule has 0 aliphatic heterocycles. The molecule has 0 heterocycles. The number of nitriles is 1. The SMILES string of the molecule is C[N+](C)(CC#CBr)NCCC#N.[Br-]. The fraction of sp³-hybridized carbons (Fsp3) is 0.625. The number of nitrogens with zero attached hydrogens (tertiary/aromatic N) is 2. The Bertz CT molecular complexity index is 222. The third kappa shape index (κ3) is 9.85. The molecule has 0 aromatic rings. The molecule has 0 aromatic heterocycles. The molecule has 0 aromatic carbocycles. The average Bonchev–Trinajstić information content (AvgIpc) is 2.01. The van der Waals surface area contributed by atoms with E-state index >= 15 is 0 Å². The third-order valence-electron chi connectivity index (χ3n) is 1.32. The molecule has 0 rings (SSSR count). The molecule has 74 valence electrons. The molecule has 0 spiro atoms. The van der Waals surface area contributed by atoms with Gasteiger partial charge in [0.25, 0.3) is 0 Å². The van der Waals surface area contributed by atoms with Gasteiger partial charge in [-0.05, 0) is 10.8 Å². The summed E-state index contributed by atoms with van der Waals surface area (Å²) in [5, 5.41) is 8.31. The van der Waals surface area contributed by atoms with E-state index in [0.717, 1.165) is 6.54 Å². The van der Waals surface area contributed by atoms with Crippen molar-refractivity contribution in [3.8, 4) is 16.8 Å². The third-order valence-corrected chi connectivity index (χ3v) is 1.60. The second kappa shape index (κ2) is 8.52. The van der Waals surface area contributed by atoms with E-state index in [1.54, 1.807) is 0 Å². The fourth-order valence-electron chi connectivity index (χ4n) is 0.698. The zero-order valence-electron chi connectivity index (χ0n) is 7.77. The Hall–Kier alpha value is -0.0700. The van der Waals surface area contributed by atoms with E-state index in [4.69, 9.17) is 5.26 Å². The summed E-state index contributed by atoms with van der Waals surface area (Å²) < 4.78 is 0.611. The standard InChI is InChI=1S/C8H13BrN3.BrH/c1-12(2,8-3-5-9)11-7-4-6-10;/h11H,4,7-8H2,1-2H3;1H/q+1;/p-1. The van der Waals surface area contributed by atoms with Gasteiger partial charge in [0.1, 0.15) is 0 Å². The van der Waals surface area contributed by atoms with Gasteiger partial charge in [0.2, 0.25) is 0 Å². The van der Waals surface area contributed by atoms with E-state index in [2.05, 4.69) is 38.2 Å². The van der Waals surface area contributed by atoms with Gasteiger partial charge in [-0.3, -0.25) is 0 Å². The summed E-state index contributed by atoms with van der Waals surface area (Å²) in [5.74, 6) is 2.91. The summed E-state index contributed by atoms with van der Waals surface area (Å²) in [7, 11) is 4.02. The molecule has 0 amide bonds. The summed E-state index contributed by atoms with van der Waals surface area (Å²) in [5.41, 5.74) is 3.19. The molecule has 0 saturated heterocycles. The van der Waals surface area contributed by atoms with Gasteiger partial charge in [-0.1, -0.05) is 0 Å². The zero-order valence-corrected chi connectivity index (χ0v) is 10.9. The van der Waals surface area contributed by atoms with Gasteiger partial charge >= 0.3 is 0 Å². The summed E-state index contributed by atoms with van der Waals surface area (Å²) in [6.45, 7) is 1.42. The number of hydrogen-bond acceptors (Lipinski definition) is 2. The van der Waals surface area contributed by atoms with Crippen molar-refractivity contribution in [1.82, 2.24) is 5.43 Å². The summed E-state index contributed by atoms with van der Waals surface area (Å²) in [6.07, 6.45) is 0.531. The van der Waals surface area contributed by atoms with Crippen molar-refractivity contribution in [3.05, 3.63) is 0 Å². The second-order valence-electron chi connectivity index (χ2n) is 2.93. The quantitative estimate of drug-likeness (QED) is 0.278. The minimum atomic E-state index is 0. The maximum absolute atomic E-state index is 8.31. The van der Waals surface area contributed by atoms with Crippen LogP contribution in [0.2, 0.25) is 0 Å². The number of halogens is 2. The van der Waals surface area contributed by atoms with Crippen LogP contribution in [0.15, 0.2) is 0 Å². The van der Waals surface area contributed by atoms with Gasteiger partial charge in [-0.2, -0.15) is 10.7 Å². The largest absolute Gasteiger partial charge is 1.00 e. The summed E-state index contributed by atoms with van der Waals surface area (Å²) in [4.78, 5) is 2.66. The van der Waals surface area contributed by atoms with E-state index in [-0.39, 0.29) is 17.0 Å². The van der Waals surface area contributed by atoms with Crippen molar-refractivity contribution >= 4 is 15.9 Å². The molecular weight excluding hydrogens is 298 g/mol. The minimum Gasteiger partial charge on any atom is -1.00 e. The minimum absolute atomic E-state index is 0. The van der Waals surface area contributed by atoms with Crippen LogP contribution in [0.25, 0.3) is 0 Å². The Kier molecular flexibility index (Phi) is 10.1. The van der Waals surface area contributed by atoms with Crippen LogP contribution in [0.4, 0.5) is 0 Å². The number of rotatable bonds is 4. The Morgan fingerprint density at radius 1 is 1.46 bits per heavy atom. The molecule has 0 unspecified atom stereocenters. The van der Waals surface area contributed by atoms with Crippen LogP contribution in [-0.4, -0.2) is 31.8 Å². The molecule has 0 fully saturated rings. The molecule has 1 N–H and O–H groups in total. The van der Waals surface area contributed by atoms with Crippen LogP contribution in [0, 0.1) is 22.1 Å². The van der Waals surface area contributed by atoms with Crippen molar-refractivity contribution in [2.45, 2.75) is 6.42 Å². The number of hydrogen-bond donors (Lipinski definition) is 1. The first-order chi connectivity index (χ1) is 5.62. The first-order valence-corrected chi connectivity index (χ1v) is 4.45. The second-order valence-corrected chi connectivity index (χ2v) is 3.33. The van der Waals surface area contributed by atoms with Gasteiger partial charge in [0.15, 0.2) is 6.54 Å². The highest BCUT2D eigenvalue weighted by atomic mass is 79.9. The molecule has 0 aliphatic carbocycles. The van der Waals surface area contributed by atoms with Crippen LogP contribution in [0.1, 0.15) is 6.42 Å². The molecule has 0 atom stereocenters. The van der Waals surface area contributed by atoms with Gasteiger partial charge in [0, 0.05) is 15.9 Å². The molecule has 5 heteroatoms. The summed E-state index contributed by atoms with van der Waals surface area (Å²) in [6, 6.07) is 2.08. The predicted molar refractivity (Wildman–Crippen MR) is 51.9 cm³/mol. The summed E-state index contributed by atoms with van der Waals surface area (Å²) >= 11 is 3.03. The van der Waals surface area contributed by atoms with Crippen molar-refractivity contribution < 1.29 is 21.6 Å². The normalized spacial score (nSPS) is 9.08. The molecule has 13 heavy (non-hydrogen) atoms. The predicted octanol–water partition coefficient (Wildman–Crippen LogP) is -2.16. The fourth-order valence-corrected chi connectivity index (χ4v) is 0.823. The van der Waals surface area contributed by atoms with Crippen molar-refractivity contribution in [3.63, 3.8) is 0 Å². The van der Waals surface area contributed by atoms with E-state index in [0.29, 0.717) is 17.6 Å². The van der Waals surface area contributed by atoms with E-state index in [9.17, 15) is 0 Å². The van der Waals surface area contributed by atoms with E-state index < -0.39 is 0 Å². The van der Waals surface area contributed by atoms with Crippen LogP contribution in [0.5, 0.6) is 0 Å². The molecule has 0 bridgehead atoms. The maximum Gasteiger partial charge on any atom is 0.158 e. The van der Waals surface area contributed by atoms with Crippen LogP contribution in [0.3, 0.4) is 0 Å². The van der Waals surface area contributed by atoms with Gasteiger partial charge in [-0.25, -0.2) is 4.59 Å². The highest BCUT2D eigenvalue weighted by Gasteiger charge is 2.11. The Balaban J connectivity index is 0. The highest BCUT2D eigenvalue weighted by molar-refractivity contribution is 9.12. The molecule has 0 aliphatic rings. The lowest BCUT2D eigenvalue weighted by molar-refractivity contribution is -0.927. The Morgan fingerprint density at radius 3 is 2.54 bits per heavy atom. The average molecular weight is 311 g/mol. The van der Waals surface area contributed by atoms with Crippen LogP contribution < -0.4 is 22.4 Å². The van der Waals surface area contributed by atoms with Gasteiger partial charge in [-0.15, -0.1) is 0 Å². The first-order valence-electron chi connectivity index (χ1n) is 3.66. The number of nitrogens with one attached hydrogen (secondary N) is 1. The molecular formula is C8H13Br2N3. The Labute approximate surface area is 98.6 Å². The van der Waals surface area contributed by atoms with Gasteiger partial charge < -0.3 is 17.0 Å². The lowest BCUT2D eigenvalue weighted by Crippen LogP contribution is -3.00. The molecule has 3 nitrogen and oxygen atoms in total. The van der Waals surface area contributed by atoms with E-state index in [1.165, 1.54) is 0 Å². The van der Waals surface area contributed by atoms with Crippen molar-refractivity contribution in [2.24, 2.45) is 0 Å². The zero-order chi connectivity index (χ0) is 9.45.